The molecule has 102 valence electrons. The monoisotopic (exact) mass is 315 g/mol. The summed E-state index contributed by atoms with van der Waals surface area (Å²) in [7, 11) is 0. The number of halogens is 1. The number of benzene rings is 1. The normalized spacial score (nSPS) is 10.8. The molecule has 0 radical (unpaired) electrons. The summed E-state index contributed by atoms with van der Waals surface area (Å²) < 4.78 is 11.9. The summed E-state index contributed by atoms with van der Waals surface area (Å²) >= 11 is 3.58. The molecule has 0 heterocycles. The lowest BCUT2D eigenvalue weighted by atomic mass is 10.1. The van der Waals surface area contributed by atoms with Crippen LogP contribution >= 0.6 is 15.9 Å². The average molecular weight is 316 g/mol. The Labute approximate surface area is 118 Å². The summed E-state index contributed by atoms with van der Waals surface area (Å²) in [6.07, 6.45) is 0. The van der Waals surface area contributed by atoms with Gasteiger partial charge in [-0.15, -0.1) is 0 Å². The fourth-order valence-corrected chi connectivity index (χ4v) is 2.07. The second-order valence-corrected chi connectivity index (χ2v) is 4.81. The highest BCUT2D eigenvalue weighted by molar-refractivity contribution is 9.10. The molecule has 3 nitrogen and oxygen atoms in total. The lowest BCUT2D eigenvalue weighted by Crippen LogP contribution is -2.11. The highest BCUT2D eigenvalue weighted by Crippen LogP contribution is 2.19. The smallest absolute Gasteiger partial charge is 0.0728 e. The first-order valence-electron chi connectivity index (χ1n) is 6.41. The molecule has 1 rings (SSSR count). The minimum absolute atomic E-state index is 0.620. The van der Waals surface area contributed by atoms with E-state index in [0.29, 0.717) is 19.8 Å². The van der Waals surface area contributed by atoms with Crippen LogP contribution in [0.4, 0.5) is 0 Å². The van der Waals surface area contributed by atoms with Crippen LogP contribution < -0.4 is 5.32 Å². The molecule has 0 amide bonds. The van der Waals surface area contributed by atoms with Crippen molar-refractivity contribution in [3.8, 4) is 0 Å². The summed E-state index contributed by atoms with van der Waals surface area (Å²) in [5.41, 5.74) is 2.45. The summed E-state index contributed by atoms with van der Waals surface area (Å²) in [6, 6.07) is 6.38. The van der Waals surface area contributed by atoms with Gasteiger partial charge in [-0.1, -0.05) is 35.0 Å². The third-order valence-corrected chi connectivity index (χ3v) is 3.27. The highest BCUT2D eigenvalue weighted by Gasteiger charge is 2.02. The van der Waals surface area contributed by atoms with Gasteiger partial charge < -0.3 is 14.8 Å². The molecule has 0 saturated heterocycles. The van der Waals surface area contributed by atoms with Gasteiger partial charge in [0.1, 0.15) is 0 Å². The zero-order chi connectivity index (χ0) is 13.2. The molecule has 0 aliphatic rings. The standard InChI is InChI=1S/C14H22BrNO2/c1-3-16-10-12-5-6-13(14(15)9-12)11-18-8-7-17-4-2/h5-6,9,16H,3-4,7-8,10-11H2,1-2H3. The highest BCUT2D eigenvalue weighted by atomic mass is 79.9. The molecule has 4 heteroatoms. The Bertz CT molecular complexity index is 345. The first kappa shape index (κ1) is 15.6. The van der Waals surface area contributed by atoms with Crippen molar-refractivity contribution in [1.82, 2.24) is 5.32 Å². The van der Waals surface area contributed by atoms with Gasteiger partial charge in [-0.25, -0.2) is 0 Å². The lowest BCUT2D eigenvalue weighted by Gasteiger charge is -2.09. The number of nitrogens with one attached hydrogen (secondary N) is 1. The largest absolute Gasteiger partial charge is 0.379 e. The van der Waals surface area contributed by atoms with Crippen LogP contribution in [0.15, 0.2) is 22.7 Å². The van der Waals surface area contributed by atoms with E-state index in [1.165, 1.54) is 11.1 Å². The van der Waals surface area contributed by atoms with Crippen LogP contribution in [0.5, 0.6) is 0 Å². The number of hydrogen-bond donors (Lipinski definition) is 1. The predicted molar refractivity (Wildman–Crippen MR) is 77.7 cm³/mol. The molecule has 0 aliphatic heterocycles. The Kier molecular flexibility index (Phi) is 8.25. The van der Waals surface area contributed by atoms with Gasteiger partial charge in [0, 0.05) is 17.6 Å². The van der Waals surface area contributed by atoms with Crippen LogP contribution in [0.2, 0.25) is 0 Å². The number of hydrogen-bond acceptors (Lipinski definition) is 3. The van der Waals surface area contributed by atoms with Gasteiger partial charge in [-0.2, -0.15) is 0 Å². The fraction of sp³-hybridized carbons (Fsp3) is 0.571. The maximum atomic E-state index is 5.55. The van der Waals surface area contributed by atoms with E-state index >= 15 is 0 Å². The van der Waals surface area contributed by atoms with Crippen molar-refractivity contribution in [1.29, 1.82) is 0 Å². The van der Waals surface area contributed by atoms with E-state index in [1.54, 1.807) is 0 Å². The maximum absolute atomic E-state index is 5.55. The van der Waals surface area contributed by atoms with Crippen molar-refractivity contribution in [2.24, 2.45) is 0 Å². The van der Waals surface area contributed by atoms with Crippen LogP contribution in [0.1, 0.15) is 25.0 Å². The van der Waals surface area contributed by atoms with E-state index in [-0.39, 0.29) is 0 Å². The van der Waals surface area contributed by atoms with Crippen LogP contribution in [0.25, 0.3) is 0 Å². The van der Waals surface area contributed by atoms with Crippen molar-refractivity contribution in [3.05, 3.63) is 33.8 Å². The summed E-state index contributed by atoms with van der Waals surface area (Å²) in [5.74, 6) is 0. The van der Waals surface area contributed by atoms with Crippen LogP contribution in [0.3, 0.4) is 0 Å². The first-order chi connectivity index (χ1) is 8.77. The number of ether oxygens (including phenoxy) is 2. The van der Waals surface area contributed by atoms with E-state index in [4.69, 9.17) is 9.47 Å². The van der Waals surface area contributed by atoms with Crippen LogP contribution in [-0.4, -0.2) is 26.4 Å². The molecule has 0 aliphatic carbocycles. The topological polar surface area (TPSA) is 30.5 Å². The molecule has 0 spiro atoms. The van der Waals surface area contributed by atoms with Crippen LogP contribution in [-0.2, 0) is 22.6 Å². The predicted octanol–water partition coefficient (Wildman–Crippen LogP) is 3.11. The first-order valence-corrected chi connectivity index (χ1v) is 7.20. The lowest BCUT2D eigenvalue weighted by molar-refractivity contribution is 0.0451. The SMILES string of the molecule is CCNCc1ccc(COCCOCC)c(Br)c1. The van der Waals surface area contributed by atoms with Crippen molar-refractivity contribution in [2.45, 2.75) is 27.0 Å². The summed E-state index contributed by atoms with van der Waals surface area (Å²) in [4.78, 5) is 0. The minimum Gasteiger partial charge on any atom is -0.379 e. The molecular weight excluding hydrogens is 294 g/mol. The molecule has 0 unspecified atom stereocenters. The molecule has 0 aromatic heterocycles. The van der Waals surface area contributed by atoms with Gasteiger partial charge in [0.25, 0.3) is 0 Å². The van der Waals surface area contributed by atoms with E-state index in [9.17, 15) is 0 Å². The van der Waals surface area contributed by atoms with Crippen molar-refractivity contribution in [2.75, 3.05) is 26.4 Å². The van der Waals surface area contributed by atoms with E-state index < -0.39 is 0 Å². The maximum Gasteiger partial charge on any atom is 0.0728 e. The zero-order valence-corrected chi connectivity index (χ0v) is 12.8. The molecule has 1 aromatic carbocycles. The summed E-state index contributed by atoms with van der Waals surface area (Å²) in [6.45, 7) is 8.64. The van der Waals surface area contributed by atoms with Gasteiger partial charge in [0.2, 0.25) is 0 Å². The van der Waals surface area contributed by atoms with Gasteiger partial charge in [-0.3, -0.25) is 0 Å². The summed E-state index contributed by atoms with van der Waals surface area (Å²) in [5, 5.41) is 3.31. The third kappa shape index (κ3) is 5.96. The van der Waals surface area contributed by atoms with Gasteiger partial charge in [-0.05, 0) is 30.7 Å². The molecule has 0 fully saturated rings. The van der Waals surface area contributed by atoms with Gasteiger partial charge >= 0.3 is 0 Å². The molecule has 0 atom stereocenters. The van der Waals surface area contributed by atoms with E-state index in [2.05, 4.69) is 46.4 Å². The Morgan fingerprint density at radius 2 is 1.94 bits per heavy atom. The second-order valence-electron chi connectivity index (χ2n) is 3.96. The van der Waals surface area contributed by atoms with Gasteiger partial charge in [0.15, 0.2) is 0 Å². The molecule has 1 N–H and O–H groups in total. The van der Waals surface area contributed by atoms with E-state index in [0.717, 1.165) is 24.2 Å². The Balaban J connectivity index is 2.37. The van der Waals surface area contributed by atoms with Crippen molar-refractivity contribution >= 4 is 15.9 Å². The molecular formula is C14H22BrNO2. The Morgan fingerprint density at radius 3 is 2.61 bits per heavy atom. The van der Waals surface area contributed by atoms with E-state index in [1.807, 2.05) is 6.92 Å². The fourth-order valence-electron chi connectivity index (χ4n) is 1.53. The zero-order valence-electron chi connectivity index (χ0n) is 11.2. The molecule has 1 aromatic rings. The Morgan fingerprint density at radius 1 is 1.17 bits per heavy atom. The molecule has 0 saturated carbocycles. The Hall–Kier alpha value is -0.420. The second kappa shape index (κ2) is 9.50. The van der Waals surface area contributed by atoms with Crippen molar-refractivity contribution < 1.29 is 9.47 Å². The molecule has 0 bridgehead atoms. The average Bonchev–Trinajstić information content (AvgIpc) is 2.38. The molecule has 18 heavy (non-hydrogen) atoms. The number of rotatable bonds is 9. The quantitative estimate of drug-likeness (QED) is 0.710. The van der Waals surface area contributed by atoms with Crippen LogP contribution in [0, 0.1) is 0 Å². The minimum atomic E-state index is 0.620. The third-order valence-electron chi connectivity index (χ3n) is 2.53. The van der Waals surface area contributed by atoms with Gasteiger partial charge in [0.05, 0.1) is 19.8 Å². The van der Waals surface area contributed by atoms with Crippen molar-refractivity contribution in [3.63, 3.8) is 0 Å².